The van der Waals surface area contributed by atoms with Crippen molar-refractivity contribution in [3.8, 4) is 0 Å². The second-order valence-electron chi connectivity index (χ2n) is 8.40. The fourth-order valence-corrected chi connectivity index (χ4v) is 5.37. The van der Waals surface area contributed by atoms with E-state index in [1.807, 2.05) is 31.2 Å². The number of nitrogens with two attached hydrogens (primary N) is 1. The molecule has 2 N–H and O–H groups in total. The van der Waals surface area contributed by atoms with Crippen LogP contribution in [0.3, 0.4) is 0 Å². The number of carbonyl (C=O) groups is 4. The van der Waals surface area contributed by atoms with E-state index in [2.05, 4.69) is 0 Å². The number of primary amides is 1. The molecule has 7 heteroatoms. The van der Waals surface area contributed by atoms with Gasteiger partial charge in [0.25, 0.3) is 0 Å². The zero-order valence-electron chi connectivity index (χ0n) is 16.8. The summed E-state index contributed by atoms with van der Waals surface area (Å²) < 4.78 is 0. The molecule has 0 bridgehead atoms. The molecule has 0 aromatic heterocycles. The summed E-state index contributed by atoms with van der Waals surface area (Å²) in [6.45, 7) is 3.93. The first-order chi connectivity index (χ1) is 13.9. The highest BCUT2D eigenvalue weighted by Crippen LogP contribution is 2.51. The first kappa shape index (κ1) is 19.6. The van der Waals surface area contributed by atoms with E-state index >= 15 is 0 Å². The van der Waals surface area contributed by atoms with Crippen LogP contribution in [0.5, 0.6) is 0 Å². The van der Waals surface area contributed by atoms with Gasteiger partial charge in [-0.15, -0.1) is 0 Å². The summed E-state index contributed by atoms with van der Waals surface area (Å²) in [6, 6.07) is 5.84. The monoisotopic (exact) mass is 397 g/mol. The second kappa shape index (κ2) is 7.28. The molecule has 2 saturated heterocycles. The summed E-state index contributed by atoms with van der Waals surface area (Å²) in [6.07, 6.45) is 3.46. The molecule has 1 aromatic rings. The molecule has 3 aliphatic rings. The molecule has 154 valence electrons. The fourth-order valence-electron chi connectivity index (χ4n) is 5.37. The molecule has 4 atom stereocenters. The summed E-state index contributed by atoms with van der Waals surface area (Å²) in [5, 5.41) is 0. The number of likely N-dealkylation sites (tertiary alicyclic amines) is 2. The molecule has 1 aromatic carbocycles. The molecule has 0 spiro atoms. The number of aryl methyl sites for hydroxylation is 1. The van der Waals surface area contributed by atoms with E-state index in [0.29, 0.717) is 0 Å². The second-order valence-corrected chi connectivity index (χ2v) is 8.40. The quantitative estimate of drug-likeness (QED) is 0.779. The highest BCUT2D eigenvalue weighted by molar-refractivity contribution is 6.10. The number of imide groups is 1. The first-order valence-electron chi connectivity index (χ1n) is 10.4. The standard InChI is InChI=1S/C22H27N3O4/c1-3-24-21(28)15-16(22(24)29)18(19(23)26)25(20(27)14-6-4-5-7-14)17(15)13-10-8-12(2)9-11-13/h8-11,14-18H,3-7H2,1-2H3,(H2,23,26). The van der Waals surface area contributed by atoms with Crippen LogP contribution in [0.2, 0.25) is 0 Å². The van der Waals surface area contributed by atoms with E-state index in [-0.39, 0.29) is 24.3 Å². The molecule has 1 aliphatic carbocycles. The van der Waals surface area contributed by atoms with Crippen LogP contribution in [0.15, 0.2) is 24.3 Å². The molecule has 4 unspecified atom stereocenters. The third kappa shape index (κ3) is 2.94. The van der Waals surface area contributed by atoms with Gasteiger partial charge in [0.05, 0.1) is 17.9 Å². The van der Waals surface area contributed by atoms with E-state index in [9.17, 15) is 19.2 Å². The Bertz CT molecular complexity index is 859. The number of amides is 4. The highest BCUT2D eigenvalue weighted by atomic mass is 16.2. The number of benzene rings is 1. The Morgan fingerprint density at radius 3 is 2.17 bits per heavy atom. The number of hydrogen-bond donors (Lipinski definition) is 1. The van der Waals surface area contributed by atoms with Gasteiger partial charge >= 0.3 is 0 Å². The average Bonchev–Trinajstić information content (AvgIpc) is 3.39. The highest BCUT2D eigenvalue weighted by Gasteiger charge is 2.65. The van der Waals surface area contributed by atoms with E-state index < -0.39 is 35.7 Å². The lowest BCUT2D eigenvalue weighted by Crippen LogP contribution is -2.51. The number of nitrogens with zero attached hydrogens (tertiary/aromatic N) is 2. The molecule has 3 fully saturated rings. The third-order valence-corrected chi connectivity index (χ3v) is 6.75. The Morgan fingerprint density at radius 2 is 1.62 bits per heavy atom. The maximum atomic E-state index is 13.5. The molecular weight excluding hydrogens is 370 g/mol. The third-order valence-electron chi connectivity index (χ3n) is 6.75. The van der Waals surface area contributed by atoms with Crippen molar-refractivity contribution < 1.29 is 19.2 Å². The van der Waals surface area contributed by atoms with Crippen LogP contribution < -0.4 is 5.73 Å². The minimum Gasteiger partial charge on any atom is -0.368 e. The summed E-state index contributed by atoms with van der Waals surface area (Å²) in [4.78, 5) is 54.8. The van der Waals surface area contributed by atoms with Crippen LogP contribution in [0.4, 0.5) is 0 Å². The lowest BCUT2D eigenvalue weighted by atomic mass is 9.86. The number of fused-ring (bicyclic) bond motifs is 1. The van der Waals surface area contributed by atoms with Gasteiger partial charge < -0.3 is 10.6 Å². The summed E-state index contributed by atoms with van der Waals surface area (Å²) >= 11 is 0. The summed E-state index contributed by atoms with van der Waals surface area (Å²) in [5.41, 5.74) is 7.54. The first-order valence-corrected chi connectivity index (χ1v) is 10.4. The SMILES string of the molecule is CCN1C(=O)C2C(C1=O)C(c1ccc(C)cc1)N(C(=O)C1CCCC1)C2C(N)=O. The van der Waals surface area contributed by atoms with Gasteiger partial charge in [0.1, 0.15) is 6.04 Å². The fraction of sp³-hybridized carbons (Fsp3) is 0.545. The number of carbonyl (C=O) groups excluding carboxylic acids is 4. The predicted molar refractivity (Wildman–Crippen MR) is 105 cm³/mol. The maximum Gasteiger partial charge on any atom is 0.241 e. The maximum absolute atomic E-state index is 13.5. The lowest BCUT2D eigenvalue weighted by molar-refractivity contribution is -0.148. The minimum atomic E-state index is -1.09. The Morgan fingerprint density at radius 1 is 1.03 bits per heavy atom. The van der Waals surface area contributed by atoms with Crippen molar-refractivity contribution in [2.75, 3.05) is 6.54 Å². The lowest BCUT2D eigenvalue weighted by Gasteiger charge is -2.34. The Labute approximate surface area is 170 Å². The predicted octanol–water partition coefficient (Wildman–Crippen LogP) is 1.54. The molecule has 4 rings (SSSR count). The summed E-state index contributed by atoms with van der Waals surface area (Å²) in [7, 11) is 0. The van der Waals surface area contributed by atoms with Gasteiger partial charge in [0.15, 0.2) is 0 Å². The van der Waals surface area contributed by atoms with Crippen molar-refractivity contribution in [3.63, 3.8) is 0 Å². The van der Waals surface area contributed by atoms with Gasteiger partial charge in [-0.1, -0.05) is 42.7 Å². The van der Waals surface area contributed by atoms with Crippen LogP contribution in [-0.4, -0.2) is 46.0 Å². The van der Waals surface area contributed by atoms with Crippen molar-refractivity contribution in [1.29, 1.82) is 0 Å². The van der Waals surface area contributed by atoms with Gasteiger partial charge in [0, 0.05) is 12.5 Å². The van der Waals surface area contributed by atoms with Crippen molar-refractivity contribution in [3.05, 3.63) is 35.4 Å². The zero-order valence-corrected chi connectivity index (χ0v) is 16.8. The van der Waals surface area contributed by atoms with Gasteiger partial charge in [-0.25, -0.2) is 0 Å². The van der Waals surface area contributed by atoms with Crippen LogP contribution in [0, 0.1) is 24.7 Å². The topological polar surface area (TPSA) is 101 Å². The Balaban J connectivity index is 1.85. The summed E-state index contributed by atoms with van der Waals surface area (Å²) in [5.74, 6) is -3.46. The molecule has 2 aliphatic heterocycles. The van der Waals surface area contributed by atoms with Gasteiger partial charge in [0.2, 0.25) is 23.6 Å². The molecule has 0 radical (unpaired) electrons. The average molecular weight is 397 g/mol. The molecule has 29 heavy (non-hydrogen) atoms. The van der Waals surface area contributed by atoms with E-state index in [1.54, 1.807) is 6.92 Å². The molecular formula is C22H27N3O4. The van der Waals surface area contributed by atoms with E-state index in [1.165, 1.54) is 9.80 Å². The van der Waals surface area contributed by atoms with Gasteiger partial charge in [-0.05, 0) is 32.3 Å². The molecule has 1 saturated carbocycles. The van der Waals surface area contributed by atoms with Crippen molar-refractivity contribution in [1.82, 2.24) is 9.80 Å². The molecule has 7 nitrogen and oxygen atoms in total. The van der Waals surface area contributed by atoms with Crippen LogP contribution in [0.25, 0.3) is 0 Å². The molecule has 2 heterocycles. The van der Waals surface area contributed by atoms with Crippen molar-refractivity contribution >= 4 is 23.6 Å². The minimum absolute atomic E-state index is 0.157. The van der Waals surface area contributed by atoms with Crippen LogP contribution >= 0.6 is 0 Å². The number of hydrogen-bond acceptors (Lipinski definition) is 4. The van der Waals surface area contributed by atoms with Crippen LogP contribution in [0.1, 0.15) is 49.8 Å². The van der Waals surface area contributed by atoms with E-state index in [4.69, 9.17) is 5.73 Å². The smallest absolute Gasteiger partial charge is 0.241 e. The van der Waals surface area contributed by atoms with Gasteiger partial charge in [-0.3, -0.25) is 24.1 Å². The normalized spacial score (nSPS) is 29.6. The number of rotatable bonds is 4. The van der Waals surface area contributed by atoms with Gasteiger partial charge in [-0.2, -0.15) is 0 Å². The Hall–Kier alpha value is -2.70. The van der Waals surface area contributed by atoms with Crippen molar-refractivity contribution in [2.45, 2.75) is 51.6 Å². The largest absolute Gasteiger partial charge is 0.368 e. The molecule has 4 amide bonds. The zero-order chi connectivity index (χ0) is 20.9. The Kier molecular flexibility index (Phi) is 4.92. The van der Waals surface area contributed by atoms with E-state index in [0.717, 1.165) is 36.8 Å². The van der Waals surface area contributed by atoms with Crippen LogP contribution in [-0.2, 0) is 19.2 Å². The van der Waals surface area contributed by atoms with Crippen molar-refractivity contribution in [2.24, 2.45) is 23.5 Å².